The van der Waals surface area contributed by atoms with E-state index in [9.17, 15) is 9.59 Å². The molecule has 0 spiro atoms. The van der Waals surface area contributed by atoms with E-state index in [1.807, 2.05) is 24.3 Å². The van der Waals surface area contributed by atoms with Crippen LogP contribution < -0.4 is 20.7 Å². The Morgan fingerprint density at radius 2 is 1.71 bits per heavy atom. The van der Waals surface area contributed by atoms with Gasteiger partial charge in [0.25, 0.3) is 0 Å². The van der Waals surface area contributed by atoms with Gasteiger partial charge in [0.1, 0.15) is 5.75 Å². The number of rotatable bonds is 6. The summed E-state index contributed by atoms with van der Waals surface area (Å²) in [6.45, 7) is 1.53. The Kier molecular flexibility index (Phi) is 6.20. The summed E-state index contributed by atoms with van der Waals surface area (Å²) in [7, 11) is 1.52. The van der Waals surface area contributed by atoms with Crippen LogP contribution in [0.5, 0.6) is 5.75 Å². The van der Waals surface area contributed by atoms with E-state index >= 15 is 0 Å². The molecule has 7 heteroatoms. The van der Waals surface area contributed by atoms with Crippen LogP contribution >= 0.6 is 15.9 Å². The molecule has 6 nitrogen and oxygen atoms in total. The third-order valence-electron chi connectivity index (χ3n) is 3.09. The minimum Gasteiger partial charge on any atom is -0.495 e. The van der Waals surface area contributed by atoms with Gasteiger partial charge in [0.05, 0.1) is 19.3 Å². The van der Waals surface area contributed by atoms with E-state index < -0.39 is 0 Å². The Balaban J connectivity index is 2.01. The number of ether oxygens (including phenoxy) is 1. The summed E-state index contributed by atoms with van der Waals surface area (Å²) in [6.07, 6.45) is 0. The molecule has 2 rings (SSSR count). The molecule has 0 saturated carbocycles. The summed E-state index contributed by atoms with van der Waals surface area (Å²) in [5, 5.41) is 8.47. The van der Waals surface area contributed by atoms with E-state index in [4.69, 9.17) is 4.74 Å². The summed E-state index contributed by atoms with van der Waals surface area (Å²) in [6, 6.07) is 12.6. The summed E-state index contributed by atoms with van der Waals surface area (Å²) in [4.78, 5) is 23.3. The first kappa shape index (κ1) is 17.8. The highest BCUT2D eigenvalue weighted by Gasteiger charge is 2.09. The largest absolute Gasteiger partial charge is 0.495 e. The maximum Gasteiger partial charge on any atom is 0.243 e. The predicted molar refractivity (Wildman–Crippen MR) is 98.6 cm³/mol. The van der Waals surface area contributed by atoms with Crippen molar-refractivity contribution >= 4 is 44.8 Å². The van der Waals surface area contributed by atoms with E-state index in [-0.39, 0.29) is 18.4 Å². The van der Waals surface area contributed by atoms with Gasteiger partial charge in [-0.15, -0.1) is 0 Å². The molecule has 126 valence electrons. The Bertz CT molecular complexity index is 732. The zero-order valence-electron chi connectivity index (χ0n) is 13.4. The molecule has 2 aromatic rings. The molecule has 0 fully saturated rings. The molecule has 24 heavy (non-hydrogen) atoms. The lowest BCUT2D eigenvalue weighted by atomic mass is 10.2. The van der Waals surface area contributed by atoms with Crippen LogP contribution in [0, 0.1) is 0 Å². The lowest BCUT2D eigenvalue weighted by molar-refractivity contribution is -0.115. The van der Waals surface area contributed by atoms with Crippen LogP contribution in [-0.2, 0) is 9.59 Å². The third-order valence-corrected chi connectivity index (χ3v) is 3.62. The van der Waals surface area contributed by atoms with E-state index in [1.54, 1.807) is 18.2 Å². The van der Waals surface area contributed by atoms with Crippen LogP contribution in [0.4, 0.5) is 17.1 Å². The Hall–Kier alpha value is -2.54. The zero-order chi connectivity index (χ0) is 17.5. The normalized spacial score (nSPS) is 9.96. The molecule has 2 aromatic carbocycles. The van der Waals surface area contributed by atoms with Gasteiger partial charge in [0.2, 0.25) is 11.8 Å². The van der Waals surface area contributed by atoms with Crippen LogP contribution in [0.15, 0.2) is 46.9 Å². The number of hydrogen-bond donors (Lipinski definition) is 3. The average Bonchev–Trinajstić information content (AvgIpc) is 2.54. The second-order valence-electron chi connectivity index (χ2n) is 5.00. The minimum atomic E-state index is -0.226. The Morgan fingerprint density at radius 3 is 2.33 bits per heavy atom. The number of amides is 2. The highest BCUT2D eigenvalue weighted by molar-refractivity contribution is 9.10. The molecule has 0 aliphatic carbocycles. The van der Waals surface area contributed by atoms with E-state index in [1.165, 1.54) is 14.0 Å². The van der Waals surface area contributed by atoms with Gasteiger partial charge >= 0.3 is 0 Å². The number of hydrogen-bond acceptors (Lipinski definition) is 4. The summed E-state index contributed by atoms with van der Waals surface area (Å²) < 4.78 is 6.20. The number of methoxy groups -OCH3 is 1. The molecule has 0 bridgehead atoms. The Morgan fingerprint density at radius 1 is 1.04 bits per heavy atom. The van der Waals surface area contributed by atoms with Gasteiger partial charge in [-0.1, -0.05) is 15.9 Å². The van der Waals surface area contributed by atoms with Crippen LogP contribution in [0.2, 0.25) is 0 Å². The van der Waals surface area contributed by atoms with Crippen molar-refractivity contribution < 1.29 is 14.3 Å². The summed E-state index contributed by atoms with van der Waals surface area (Å²) in [5.41, 5.74) is 1.91. The quantitative estimate of drug-likeness (QED) is 0.704. The highest BCUT2D eigenvalue weighted by Crippen LogP contribution is 2.27. The zero-order valence-corrected chi connectivity index (χ0v) is 14.9. The molecule has 2 amide bonds. The summed E-state index contributed by atoms with van der Waals surface area (Å²) >= 11 is 3.36. The maximum atomic E-state index is 12.1. The Labute approximate surface area is 148 Å². The maximum absolute atomic E-state index is 12.1. The van der Waals surface area contributed by atoms with Crippen molar-refractivity contribution in [2.75, 3.05) is 29.6 Å². The lowest BCUT2D eigenvalue weighted by Crippen LogP contribution is -2.22. The molecule has 0 aliphatic rings. The third kappa shape index (κ3) is 5.27. The molecular formula is C17H18BrN3O3. The standard InChI is InChI=1S/C17H18BrN3O3/c1-11(22)20-14-7-8-16(24-2)15(9-14)21-17(23)10-19-13-5-3-12(18)4-6-13/h3-9,19H,10H2,1-2H3,(H,20,22)(H,21,23). The molecule has 3 N–H and O–H groups in total. The van der Waals surface area contributed by atoms with Gasteiger partial charge < -0.3 is 20.7 Å². The monoisotopic (exact) mass is 391 g/mol. The van der Waals surface area contributed by atoms with Gasteiger partial charge in [-0.05, 0) is 42.5 Å². The van der Waals surface area contributed by atoms with Crippen LogP contribution in [0.25, 0.3) is 0 Å². The SMILES string of the molecule is COc1ccc(NC(C)=O)cc1NC(=O)CNc1ccc(Br)cc1. The fourth-order valence-corrected chi connectivity index (χ4v) is 2.30. The van der Waals surface area contributed by atoms with Gasteiger partial charge in [-0.3, -0.25) is 9.59 Å². The lowest BCUT2D eigenvalue weighted by Gasteiger charge is -2.13. The van der Waals surface area contributed by atoms with Crippen LogP contribution in [0.3, 0.4) is 0 Å². The van der Waals surface area contributed by atoms with Crippen molar-refractivity contribution in [1.29, 1.82) is 0 Å². The van der Waals surface area contributed by atoms with Crippen molar-refractivity contribution in [2.45, 2.75) is 6.92 Å². The van der Waals surface area contributed by atoms with Gasteiger partial charge in [0, 0.05) is 22.8 Å². The molecule has 0 radical (unpaired) electrons. The first-order valence-electron chi connectivity index (χ1n) is 7.23. The molecule has 0 unspecified atom stereocenters. The number of nitrogens with one attached hydrogen (secondary N) is 3. The molecular weight excluding hydrogens is 374 g/mol. The van der Waals surface area contributed by atoms with Crippen LogP contribution in [-0.4, -0.2) is 25.5 Å². The van der Waals surface area contributed by atoms with Crippen molar-refractivity contribution in [3.05, 3.63) is 46.9 Å². The molecule has 0 atom stereocenters. The van der Waals surface area contributed by atoms with Gasteiger partial charge in [-0.2, -0.15) is 0 Å². The van der Waals surface area contributed by atoms with Crippen molar-refractivity contribution in [2.24, 2.45) is 0 Å². The van der Waals surface area contributed by atoms with Crippen LogP contribution in [0.1, 0.15) is 6.92 Å². The first-order chi connectivity index (χ1) is 11.5. The fourth-order valence-electron chi connectivity index (χ4n) is 2.03. The average molecular weight is 392 g/mol. The number of carbonyl (C=O) groups is 2. The van der Waals surface area contributed by atoms with Gasteiger partial charge in [-0.25, -0.2) is 0 Å². The molecule has 0 aliphatic heterocycles. The number of carbonyl (C=O) groups excluding carboxylic acids is 2. The first-order valence-corrected chi connectivity index (χ1v) is 8.02. The molecule has 0 aromatic heterocycles. The number of anilines is 3. The van der Waals surface area contributed by atoms with Crippen molar-refractivity contribution in [1.82, 2.24) is 0 Å². The molecule has 0 saturated heterocycles. The van der Waals surface area contributed by atoms with E-state index in [0.717, 1.165) is 10.2 Å². The minimum absolute atomic E-state index is 0.106. The second-order valence-corrected chi connectivity index (χ2v) is 5.92. The summed E-state index contributed by atoms with van der Waals surface area (Å²) in [5.74, 6) is 0.103. The fraction of sp³-hybridized carbons (Fsp3) is 0.176. The van der Waals surface area contributed by atoms with E-state index in [0.29, 0.717) is 17.1 Å². The van der Waals surface area contributed by atoms with E-state index in [2.05, 4.69) is 31.9 Å². The smallest absolute Gasteiger partial charge is 0.243 e. The van der Waals surface area contributed by atoms with Crippen molar-refractivity contribution in [3.63, 3.8) is 0 Å². The number of halogens is 1. The van der Waals surface area contributed by atoms with Crippen molar-refractivity contribution in [3.8, 4) is 5.75 Å². The number of benzene rings is 2. The predicted octanol–water partition coefficient (Wildman–Crippen LogP) is 3.47. The highest BCUT2D eigenvalue weighted by atomic mass is 79.9. The second kappa shape index (κ2) is 8.35. The topological polar surface area (TPSA) is 79.5 Å². The van der Waals surface area contributed by atoms with Gasteiger partial charge in [0.15, 0.2) is 0 Å². The molecule has 0 heterocycles.